The lowest BCUT2D eigenvalue weighted by atomic mass is 9.97. The smallest absolute Gasteiger partial charge is 0.267 e. The van der Waals surface area contributed by atoms with E-state index in [2.05, 4.69) is 24.8 Å². The molecule has 0 aliphatic rings. The highest BCUT2D eigenvalue weighted by molar-refractivity contribution is 7.93. The molecule has 0 unspecified atom stereocenters. The highest BCUT2D eigenvalue weighted by Crippen LogP contribution is 2.31. The predicted molar refractivity (Wildman–Crippen MR) is 110 cm³/mol. The largest absolute Gasteiger partial charge is 0.360 e. The van der Waals surface area contributed by atoms with Crippen molar-refractivity contribution in [3.63, 3.8) is 0 Å². The van der Waals surface area contributed by atoms with Crippen molar-refractivity contribution in [1.82, 2.24) is 5.16 Å². The summed E-state index contributed by atoms with van der Waals surface area (Å²) < 4.78 is 38.2. The first kappa shape index (κ1) is 21.0. The van der Waals surface area contributed by atoms with Gasteiger partial charge in [-0.2, -0.15) is 0 Å². The Bertz CT molecular complexity index is 867. The molecule has 10 heteroatoms. The van der Waals surface area contributed by atoms with Gasteiger partial charge in [0.15, 0.2) is 5.76 Å². The van der Waals surface area contributed by atoms with E-state index in [-0.39, 0.29) is 22.5 Å². The third kappa shape index (κ3) is 4.91. The quantitative estimate of drug-likeness (QED) is 0.377. The van der Waals surface area contributed by atoms with Crippen LogP contribution in [0.1, 0.15) is 5.76 Å². The van der Waals surface area contributed by atoms with Crippen LogP contribution in [0.3, 0.4) is 0 Å². The number of rotatable bonds is 8. The van der Waals surface area contributed by atoms with E-state index in [4.69, 9.17) is 20.9 Å². The summed E-state index contributed by atoms with van der Waals surface area (Å²) in [4.78, 5) is 0.186. The molecule has 0 radical (unpaired) electrons. The Labute approximate surface area is 161 Å². The summed E-state index contributed by atoms with van der Waals surface area (Å²) in [5.74, 6) is 0.397. The molecule has 142 valence electrons. The number of aromatic nitrogens is 1. The molecule has 26 heavy (non-hydrogen) atoms. The van der Waals surface area contributed by atoms with Crippen LogP contribution < -0.4 is 9.77 Å². The van der Waals surface area contributed by atoms with Gasteiger partial charge in [0.2, 0.25) is 5.82 Å². The van der Waals surface area contributed by atoms with Crippen LogP contribution in [0.4, 0.5) is 5.82 Å². The lowest BCUT2D eigenvalue weighted by Gasteiger charge is -2.24. The molecule has 1 aromatic carbocycles. The highest BCUT2D eigenvalue weighted by Gasteiger charge is 2.31. The van der Waals surface area contributed by atoms with Crippen molar-refractivity contribution < 1.29 is 17.7 Å². The summed E-state index contributed by atoms with van der Waals surface area (Å²) in [6.45, 7) is 8.63. The van der Waals surface area contributed by atoms with Gasteiger partial charge in [0.25, 0.3) is 10.0 Å². The maximum atomic E-state index is 13.2. The van der Waals surface area contributed by atoms with Gasteiger partial charge >= 0.3 is 0 Å². The Morgan fingerprint density at radius 1 is 1.31 bits per heavy atom. The monoisotopic (exact) mass is 414 g/mol. The maximum absolute atomic E-state index is 13.2. The van der Waals surface area contributed by atoms with Crippen LogP contribution in [0, 0.1) is 6.92 Å². The standard InChI is InChI=1S/C16H24BClN2O4SSi/c1-12-15(18)16(19-24-12)20(11-23-9-10-26(2,3)4)25(21,22)14-8-6-5-7-13(14)17/h5-8H,9-11,17H2,1-4H3. The molecule has 0 spiro atoms. The fraction of sp³-hybridized carbons (Fsp3) is 0.438. The second kappa shape index (κ2) is 8.16. The molecule has 1 heterocycles. The maximum Gasteiger partial charge on any atom is 0.267 e. The van der Waals surface area contributed by atoms with Crippen molar-refractivity contribution in [3.05, 3.63) is 35.0 Å². The summed E-state index contributed by atoms with van der Waals surface area (Å²) in [6.07, 6.45) is 0. The minimum absolute atomic E-state index is 0.0421. The lowest BCUT2D eigenvalue weighted by Crippen LogP contribution is -2.37. The second-order valence-corrected chi connectivity index (χ2v) is 15.2. The van der Waals surface area contributed by atoms with E-state index in [1.807, 2.05) is 0 Å². The highest BCUT2D eigenvalue weighted by atomic mass is 35.5. The van der Waals surface area contributed by atoms with Gasteiger partial charge in [-0.25, -0.2) is 12.7 Å². The number of benzene rings is 1. The molecule has 0 amide bonds. The van der Waals surface area contributed by atoms with E-state index in [0.29, 0.717) is 17.8 Å². The summed E-state index contributed by atoms with van der Waals surface area (Å²) in [7, 11) is -3.44. The van der Waals surface area contributed by atoms with Crippen molar-refractivity contribution in [1.29, 1.82) is 0 Å². The molecule has 0 aliphatic heterocycles. The number of aryl methyl sites for hydroxylation is 1. The van der Waals surface area contributed by atoms with Gasteiger partial charge in [0, 0.05) is 14.7 Å². The lowest BCUT2D eigenvalue weighted by molar-refractivity contribution is 0.155. The summed E-state index contributed by atoms with van der Waals surface area (Å²) in [5.41, 5.74) is 0.635. The minimum Gasteiger partial charge on any atom is -0.360 e. The summed E-state index contributed by atoms with van der Waals surface area (Å²) in [5, 5.41) is 4.00. The first-order valence-electron chi connectivity index (χ1n) is 8.32. The SMILES string of the molecule is Bc1ccccc1S(=O)(=O)N(COCC[Si](C)(C)C)c1noc(C)c1Cl. The molecule has 0 bridgehead atoms. The van der Waals surface area contributed by atoms with E-state index in [9.17, 15) is 8.42 Å². The van der Waals surface area contributed by atoms with Gasteiger partial charge in [0.1, 0.15) is 19.6 Å². The molecule has 1 aromatic heterocycles. The Hall–Kier alpha value is -1.29. The van der Waals surface area contributed by atoms with Crippen LogP contribution in [0.15, 0.2) is 33.7 Å². The summed E-state index contributed by atoms with van der Waals surface area (Å²) in [6, 6.07) is 7.69. The van der Waals surface area contributed by atoms with Gasteiger partial charge in [-0.05, 0) is 19.0 Å². The number of sulfonamides is 1. The number of anilines is 1. The molecule has 6 nitrogen and oxygen atoms in total. The van der Waals surface area contributed by atoms with Crippen molar-refractivity contribution in [2.75, 3.05) is 17.6 Å². The summed E-state index contributed by atoms with van der Waals surface area (Å²) >= 11 is 6.21. The van der Waals surface area contributed by atoms with Crippen LogP contribution in [-0.4, -0.2) is 42.8 Å². The van der Waals surface area contributed by atoms with Crippen molar-refractivity contribution in [2.45, 2.75) is 37.5 Å². The zero-order valence-corrected chi connectivity index (χ0v) is 18.3. The normalized spacial score (nSPS) is 12.3. The van der Waals surface area contributed by atoms with Crippen LogP contribution in [0.5, 0.6) is 0 Å². The van der Waals surface area contributed by atoms with Crippen molar-refractivity contribution in [3.8, 4) is 0 Å². The van der Waals surface area contributed by atoms with E-state index in [1.165, 1.54) is 0 Å². The van der Waals surface area contributed by atoms with Gasteiger partial charge in [-0.3, -0.25) is 0 Å². The zero-order valence-electron chi connectivity index (χ0n) is 15.7. The van der Waals surface area contributed by atoms with E-state index >= 15 is 0 Å². The third-order valence-corrected chi connectivity index (χ3v) is 7.89. The average molecular weight is 415 g/mol. The molecule has 0 aliphatic carbocycles. The Morgan fingerprint density at radius 3 is 2.50 bits per heavy atom. The van der Waals surface area contributed by atoms with E-state index in [1.54, 1.807) is 39.0 Å². The van der Waals surface area contributed by atoms with Crippen molar-refractivity contribution in [2.24, 2.45) is 0 Å². The van der Waals surface area contributed by atoms with Crippen LogP contribution in [-0.2, 0) is 14.8 Å². The topological polar surface area (TPSA) is 72.6 Å². The van der Waals surface area contributed by atoms with E-state index < -0.39 is 18.1 Å². The fourth-order valence-corrected chi connectivity index (χ4v) is 4.75. The Kier molecular flexibility index (Phi) is 6.60. The predicted octanol–water partition coefficient (Wildman–Crippen LogP) is 2.40. The molecule has 0 N–H and O–H groups in total. The number of halogens is 1. The number of hydrogen-bond acceptors (Lipinski definition) is 5. The van der Waals surface area contributed by atoms with Gasteiger partial charge < -0.3 is 9.26 Å². The van der Waals surface area contributed by atoms with E-state index in [0.717, 1.165) is 10.3 Å². The number of hydrogen-bond donors (Lipinski definition) is 0. The molecular formula is C16H24BClN2O4SSi. The van der Waals surface area contributed by atoms with Crippen molar-refractivity contribution >= 4 is 48.8 Å². The Morgan fingerprint density at radius 2 is 1.96 bits per heavy atom. The van der Waals surface area contributed by atoms with Gasteiger partial charge in [-0.15, -0.1) is 0 Å². The van der Waals surface area contributed by atoms with Crippen LogP contribution >= 0.6 is 11.6 Å². The molecule has 0 saturated carbocycles. The fourth-order valence-electron chi connectivity index (χ4n) is 2.24. The minimum atomic E-state index is -3.90. The van der Waals surface area contributed by atoms with Gasteiger partial charge in [0.05, 0.1) is 4.90 Å². The van der Waals surface area contributed by atoms with Crippen LogP contribution in [0.25, 0.3) is 0 Å². The first-order valence-corrected chi connectivity index (χ1v) is 13.8. The average Bonchev–Trinajstić information content (AvgIpc) is 2.86. The zero-order chi connectivity index (χ0) is 19.5. The number of nitrogens with zero attached hydrogens (tertiary/aromatic N) is 2. The molecular weight excluding hydrogens is 391 g/mol. The van der Waals surface area contributed by atoms with Gasteiger partial charge in [-0.1, -0.05) is 60.1 Å². The molecule has 0 saturated heterocycles. The second-order valence-electron chi connectivity index (χ2n) is 7.34. The molecule has 2 aromatic rings. The first-order chi connectivity index (χ1) is 12.0. The Balaban J connectivity index is 2.35. The molecule has 0 fully saturated rings. The van der Waals surface area contributed by atoms with Crippen LogP contribution in [0.2, 0.25) is 30.7 Å². The number of ether oxygens (including phenoxy) is 1. The molecule has 0 atom stereocenters. The third-order valence-electron chi connectivity index (χ3n) is 3.88. The molecule has 2 rings (SSSR count).